The maximum absolute atomic E-state index is 5.84. The van der Waals surface area contributed by atoms with Crippen LogP contribution in [0.1, 0.15) is 5.56 Å². The summed E-state index contributed by atoms with van der Waals surface area (Å²) in [6.07, 6.45) is 1.55. The monoisotopic (exact) mass is 293 g/mol. The van der Waals surface area contributed by atoms with E-state index < -0.39 is 0 Å². The van der Waals surface area contributed by atoms with Crippen LogP contribution in [0.25, 0.3) is 0 Å². The van der Waals surface area contributed by atoms with Crippen molar-refractivity contribution >= 4 is 23.1 Å². The number of pyridine rings is 1. The predicted octanol–water partition coefficient (Wildman–Crippen LogP) is 2.95. The van der Waals surface area contributed by atoms with Crippen LogP contribution in [0, 0.1) is 0 Å². The van der Waals surface area contributed by atoms with E-state index in [9.17, 15) is 0 Å². The molecule has 0 aliphatic heterocycles. The van der Waals surface area contributed by atoms with Gasteiger partial charge in [0.1, 0.15) is 17.3 Å². The third-order valence-electron chi connectivity index (χ3n) is 2.82. The molecule has 3 N–H and O–H groups in total. The summed E-state index contributed by atoms with van der Waals surface area (Å²) in [5.74, 6) is 2.08. The zero-order chi connectivity index (χ0) is 14.5. The van der Waals surface area contributed by atoms with E-state index in [2.05, 4.69) is 10.3 Å². The van der Waals surface area contributed by atoms with Crippen molar-refractivity contribution < 1.29 is 9.47 Å². The maximum Gasteiger partial charge on any atom is 0.149 e. The summed E-state index contributed by atoms with van der Waals surface area (Å²) >= 11 is 5.81. The maximum atomic E-state index is 5.84. The van der Waals surface area contributed by atoms with Crippen molar-refractivity contribution in [3.63, 3.8) is 0 Å². The highest BCUT2D eigenvalue weighted by Gasteiger charge is 2.07. The molecule has 0 aliphatic carbocycles. The van der Waals surface area contributed by atoms with E-state index in [-0.39, 0.29) is 0 Å². The van der Waals surface area contributed by atoms with E-state index in [1.807, 2.05) is 18.2 Å². The van der Waals surface area contributed by atoms with Gasteiger partial charge in [-0.15, -0.1) is 0 Å². The van der Waals surface area contributed by atoms with Crippen LogP contribution < -0.4 is 20.5 Å². The summed E-state index contributed by atoms with van der Waals surface area (Å²) in [5, 5.41) is 3.66. The third kappa shape index (κ3) is 3.24. The number of nitrogens with zero attached hydrogens (tertiary/aromatic N) is 1. The van der Waals surface area contributed by atoms with E-state index in [4.69, 9.17) is 26.8 Å². The lowest BCUT2D eigenvalue weighted by Crippen LogP contribution is -2.05. The number of nitrogen functional groups attached to an aromatic ring is 1. The zero-order valence-electron chi connectivity index (χ0n) is 11.3. The Hall–Kier alpha value is -2.14. The zero-order valence-corrected chi connectivity index (χ0v) is 12.1. The fourth-order valence-electron chi connectivity index (χ4n) is 1.78. The van der Waals surface area contributed by atoms with Gasteiger partial charge in [-0.1, -0.05) is 11.6 Å². The average Bonchev–Trinajstić information content (AvgIpc) is 2.46. The highest BCUT2D eigenvalue weighted by molar-refractivity contribution is 6.30. The van der Waals surface area contributed by atoms with Crippen LogP contribution in [0.5, 0.6) is 11.5 Å². The minimum Gasteiger partial charge on any atom is -0.497 e. The van der Waals surface area contributed by atoms with E-state index in [0.717, 1.165) is 17.1 Å². The first-order valence-corrected chi connectivity index (χ1v) is 6.37. The van der Waals surface area contributed by atoms with Crippen molar-refractivity contribution in [2.75, 3.05) is 25.3 Å². The number of methoxy groups -OCH3 is 2. The lowest BCUT2D eigenvalue weighted by Gasteiger charge is -2.12. The van der Waals surface area contributed by atoms with Gasteiger partial charge in [0.25, 0.3) is 0 Å². The predicted molar refractivity (Wildman–Crippen MR) is 80.5 cm³/mol. The van der Waals surface area contributed by atoms with E-state index in [0.29, 0.717) is 23.1 Å². The second-order valence-corrected chi connectivity index (χ2v) is 4.56. The Labute approximate surface area is 122 Å². The smallest absolute Gasteiger partial charge is 0.149 e. The second-order valence-electron chi connectivity index (χ2n) is 4.12. The Morgan fingerprint density at radius 1 is 1.25 bits per heavy atom. The molecule has 0 atom stereocenters. The summed E-state index contributed by atoms with van der Waals surface area (Å²) in [6, 6.07) is 7.28. The van der Waals surface area contributed by atoms with Gasteiger partial charge in [0.05, 0.1) is 24.9 Å². The van der Waals surface area contributed by atoms with Crippen LogP contribution in [0.3, 0.4) is 0 Å². The fourth-order valence-corrected chi connectivity index (χ4v) is 1.95. The molecule has 0 saturated heterocycles. The molecule has 2 aromatic rings. The van der Waals surface area contributed by atoms with Crippen molar-refractivity contribution in [1.29, 1.82) is 0 Å². The average molecular weight is 294 g/mol. The SMILES string of the molecule is COc1ccc(CNc2ncc(Cl)cc2N)c(OC)c1. The third-order valence-corrected chi connectivity index (χ3v) is 3.03. The quantitative estimate of drug-likeness (QED) is 0.887. The van der Waals surface area contributed by atoms with Crippen molar-refractivity contribution in [1.82, 2.24) is 4.98 Å². The molecule has 0 aliphatic rings. The number of nitrogens with one attached hydrogen (secondary N) is 1. The molecule has 0 spiro atoms. The fraction of sp³-hybridized carbons (Fsp3) is 0.214. The summed E-state index contributed by atoms with van der Waals surface area (Å²) < 4.78 is 10.5. The lowest BCUT2D eigenvalue weighted by atomic mass is 10.2. The lowest BCUT2D eigenvalue weighted by molar-refractivity contribution is 0.391. The minimum absolute atomic E-state index is 0.505. The standard InChI is InChI=1S/C14H16ClN3O2/c1-19-11-4-3-9(13(6-11)20-2)7-17-14-12(16)5-10(15)8-18-14/h3-6,8H,7,16H2,1-2H3,(H,17,18). The summed E-state index contributed by atoms with van der Waals surface area (Å²) in [7, 11) is 3.23. The molecular formula is C14H16ClN3O2. The van der Waals surface area contributed by atoms with Crippen LogP contribution in [-0.4, -0.2) is 19.2 Å². The number of halogens is 1. The first kappa shape index (κ1) is 14.3. The van der Waals surface area contributed by atoms with Crippen LogP contribution >= 0.6 is 11.6 Å². The Morgan fingerprint density at radius 3 is 2.70 bits per heavy atom. The number of hydrogen-bond acceptors (Lipinski definition) is 5. The Morgan fingerprint density at radius 2 is 2.05 bits per heavy atom. The van der Waals surface area contributed by atoms with Crippen molar-refractivity contribution in [3.8, 4) is 11.5 Å². The number of rotatable bonds is 5. The van der Waals surface area contributed by atoms with E-state index in [1.54, 1.807) is 26.5 Å². The Bertz CT molecular complexity index is 605. The van der Waals surface area contributed by atoms with Crippen LogP contribution in [0.2, 0.25) is 5.02 Å². The van der Waals surface area contributed by atoms with Crippen LogP contribution in [0.4, 0.5) is 11.5 Å². The minimum atomic E-state index is 0.505. The molecule has 1 heterocycles. The largest absolute Gasteiger partial charge is 0.497 e. The molecule has 5 nitrogen and oxygen atoms in total. The highest BCUT2D eigenvalue weighted by atomic mass is 35.5. The number of benzene rings is 1. The number of ether oxygens (including phenoxy) is 2. The molecule has 0 fully saturated rings. The molecule has 6 heteroatoms. The normalized spacial score (nSPS) is 10.2. The molecule has 0 bridgehead atoms. The molecule has 0 unspecified atom stereocenters. The van der Waals surface area contributed by atoms with E-state index in [1.165, 1.54) is 0 Å². The molecule has 20 heavy (non-hydrogen) atoms. The molecule has 0 amide bonds. The first-order valence-electron chi connectivity index (χ1n) is 6.00. The number of anilines is 2. The van der Waals surface area contributed by atoms with Gasteiger partial charge < -0.3 is 20.5 Å². The summed E-state index contributed by atoms with van der Waals surface area (Å²) in [6.45, 7) is 0.534. The first-order chi connectivity index (χ1) is 9.63. The second kappa shape index (κ2) is 6.34. The molecule has 1 aromatic carbocycles. The Balaban J connectivity index is 2.14. The van der Waals surface area contributed by atoms with Gasteiger partial charge in [-0.05, 0) is 18.2 Å². The summed E-state index contributed by atoms with van der Waals surface area (Å²) in [4.78, 5) is 4.15. The number of nitrogens with two attached hydrogens (primary N) is 1. The number of aromatic nitrogens is 1. The topological polar surface area (TPSA) is 69.4 Å². The van der Waals surface area contributed by atoms with Gasteiger partial charge in [0, 0.05) is 24.4 Å². The van der Waals surface area contributed by atoms with Gasteiger partial charge >= 0.3 is 0 Å². The van der Waals surface area contributed by atoms with Crippen LogP contribution in [-0.2, 0) is 6.54 Å². The Kier molecular flexibility index (Phi) is 4.53. The van der Waals surface area contributed by atoms with Gasteiger partial charge in [0.15, 0.2) is 0 Å². The van der Waals surface area contributed by atoms with E-state index >= 15 is 0 Å². The van der Waals surface area contributed by atoms with Crippen LogP contribution in [0.15, 0.2) is 30.5 Å². The summed E-state index contributed by atoms with van der Waals surface area (Å²) in [5.41, 5.74) is 7.32. The molecule has 2 rings (SSSR count). The highest BCUT2D eigenvalue weighted by Crippen LogP contribution is 2.26. The van der Waals surface area contributed by atoms with Gasteiger partial charge in [-0.25, -0.2) is 4.98 Å². The molecule has 0 saturated carbocycles. The number of hydrogen-bond donors (Lipinski definition) is 2. The van der Waals surface area contributed by atoms with Gasteiger partial charge in [-0.3, -0.25) is 0 Å². The molecule has 106 valence electrons. The van der Waals surface area contributed by atoms with Crippen molar-refractivity contribution in [2.45, 2.75) is 6.54 Å². The molecular weight excluding hydrogens is 278 g/mol. The van der Waals surface area contributed by atoms with Crippen molar-refractivity contribution in [3.05, 3.63) is 41.0 Å². The molecule has 1 aromatic heterocycles. The van der Waals surface area contributed by atoms with Gasteiger partial charge in [0.2, 0.25) is 0 Å². The van der Waals surface area contributed by atoms with Gasteiger partial charge in [-0.2, -0.15) is 0 Å². The molecule has 0 radical (unpaired) electrons. The van der Waals surface area contributed by atoms with Crippen molar-refractivity contribution in [2.24, 2.45) is 0 Å².